The Kier molecular flexibility index (Phi) is 7.64. The highest BCUT2D eigenvalue weighted by Gasteiger charge is 2.35. The number of carbonyl (C=O) groups is 3. The van der Waals surface area contributed by atoms with Crippen LogP contribution in [0.3, 0.4) is 0 Å². The van der Waals surface area contributed by atoms with Gasteiger partial charge in [-0.25, -0.2) is 0 Å². The van der Waals surface area contributed by atoms with Crippen LogP contribution in [0.4, 0.5) is 0 Å². The zero-order valence-corrected chi connectivity index (χ0v) is 19.0. The fraction of sp³-hybridized carbons (Fsp3) is 0.318. The Morgan fingerprint density at radius 2 is 1.47 bits per heavy atom. The summed E-state index contributed by atoms with van der Waals surface area (Å²) in [5, 5.41) is 0. The monoisotopic (exact) mass is 450 g/mol. The van der Waals surface area contributed by atoms with Crippen LogP contribution in [0, 0.1) is 13.8 Å². The van der Waals surface area contributed by atoms with Gasteiger partial charge in [0, 0.05) is 48.0 Å². The van der Waals surface area contributed by atoms with Crippen LogP contribution in [-0.2, 0) is 4.79 Å². The molecular formula is C22H24Cl2N2O4. The van der Waals surface area contributed by atoms with E-state index in [0.29, 0.717) is 16.9 Å². The quantitative estimate of drug-likeness (QED) is 0.189. The molecule has 0 radical (unpaired) electrons. The summed E-state index contributed by atoms with van der Waals surface area (Å²) >= 11 is 12.6. The SMILES string of the molecule is CC(=O)Oc1ccc(C(=O)CC(C)(C)N(Cl)N(Cl)C(=O)c2cc(C)cc(C)c2)cc1. The lowest BCUT2D eigenvalue weighted by atomic mass is 9.95. The molecule has 1 amide bonds. The number of rotatable bonds is 7. The van der Waals surface area contributed by atoms with Crippen LogP contribution in [0.5, 0.6) is 5.75 Å². The molecule has 2 aromatic carbocycles. The number of ether oxygens (including phenoxy) is 1. The van der Waals surface area contributed by atoms with Crippen LogP contribution < -0.4 is 4.74 Å². The number of hydrogen-bond acceptors (Lipinski definition) is 5. The van der Waals surface area contributed by atoms with Gasteiger partial charge in [-0.05, 0) is 64.1 Å². The van der Waals surface area contributed by atoms with Gasteiger partial charge >= 0.3 is 5.97 Å². The molecule has 8 heteroatoms. The lowest BCUT2D eigenvalue weighted by Crippen LogP contribution is -2.48. The Labute approximate surface area is 186 Å². The molecule has 0 aromatic heterocycles. The normalized spacial score (nSPS) is 11.3. The van der Waals surface area contributed by atoms with Crippen molar-refractivity contribution in [3.8, 4) is 5.75 Å². The van der Waals surface area contributed by atoms with Crippen molar-refractivity contribution in [2.24, 2.45) is 0 Å². The van der Waals surface area contributed by atoms with Gasteiger partial charge in [-0.3, -0.25) is 14.4 Å². The number of nitrogens with zero attached hydrogens (tertiary/aromatic N) is 2. The number of carbonyl (C=O) groups excluding carboxylic acids is 3. The smallest absolute Gasteiger partial charge is 0.308 e. The van der Waals surface area contributed by atoms with Gasteiger partial charge in [-0.15, -0.1) is 4.53 Å². The van der Waals surface area contributed by atoms with Gasteiger partial charge in [0.15, 0.2) is 5.78 Å². The molecule has 0 spiro atoms. The zero-order valence-electron chi connectivity index (χ0n) is 17.5. The molecule has 0 saturated carbocycles. The average Bonchev–Trinajstić information content (AvgIpc) is 2.65. The molecule has 0 unspecified atom stereocenters. The first-order valence-electron chi connectivity index (χ1n) is 9.27. The van der Waals surface area contributed by atoms with Crippen LogP contribution in [0.1, 0.15) is 59.0 Å². The molecule has 0 saturated heterocycles. The summed E-state index contributed by atoms with van der Waals surface area (Å²) in [6.45, 7) is 8.48. The fourth-order valence-electron chi connectivity index (χ4n) is 2.96. The number of halogens is 2. The number of esters is 1. The Hall–Kier alpha value is -2.41. The van der Waals surface area contributed by atoms with Crippen molar-refractivity contribution in [1.82, 2.24) is 9.06 Å². The highest BCUT2D eigenvalue weighted by Crippen LogP contribution is 2.28. The van der Waals surface area contributed by atoms with E-state index in [9.17, 15) is 14.4 Å². The van der Waals surface area contributed by atoms with Crippen molar-refractivity contribution in [2.75, 3.05) is 0 Å². The Morgan fingerprint density at radius 3 is 1.97 bits per heavy atom. The fourth-order valence-corrected chi connectivity index (χ4v) is 3.39. The van der Waals surface area contributed by atoms with Gasteiger partial charge in [-0.2, -0.15) is 4.53 Å². The molecule has 0 aliphatic carbocycles. The topological polar surface area (TPSA) is 66.9 Å². The van der Waals surface area contributed by atoms with E-state index >= 15 is 0 Å². The molecule has 0 heterocycles. The minimum atomic E-state index is -0.969. The Morgan fingerprint density at radius 1 is 0.933 bits per heavy atom. The standard InChI is InChI=1S/C22H24Cl2N2O4/c1-14-10-15(2)12-18(11-14)21(29)25(23)26(24)22(4,5)13-20(28)17-6-8-19(9-7-17)30-16(3)27/h6-12H,13H2,1-5H3. The number of hydrazine groups is 1. The van der Waals surface area contributed by atoms with Gasteiger partial charge < -0.3 is 4.74 Å². The molecule has 0 fully saturated rings. The van der Waals surface area contributed by atoms with E-state index in [4.69, 9.17) is 28.3 Å². The summed E-state index contributed by atoms with van der Waals surface area (Å²) in [5.74, 6) is -0.791. The zero-order chi connectivity index (χ0) is 22.6. The molecule has 0 aliphatic rings. The maximum atomic E-state index is 12.8. The van der Waals surface area contributed by atoms with Crippen molar-refractivity contribution in [2.45, 2.75) is 46.6 Å². The molecular weight excluding hydrogens is 427 g/mol. The first-order valence-corrected chi connectivity index (χ1v) is 9.94. The second-order valence-corrected chi connectivity index (χ2v) is 8.37. The van der Waals surface area contributed by atoms with Gasteiger partial charge in [0.25, 0.3) is 5.91 Å². The molecule has 0 bridgehead atoms. The number of Topliss-reactive ketones (excluding diaryl/α,β-unsaturated/α-hetero) is 1. The van der Waals surface area contributed by atoms with E-state index in [-0.39, 0.29) is 12.2 Å². The molecule has 30 heavy (non-hydrogen) atoms. The predicted octanol–water partition coefficient (Wildman–Crippen LogP) is 5.25. The third-order valence-electron chi connectivity index (χ3n) is 4.32. The minimum absolute atomic E-state index is 0.00719. The van der Waals surface area contributed by atoms with Gasteiger partial charge in [0.1, 0.15) is 5.75 Å². The van der Waals surface area contributed by atoms with Crippen LogP contribution in [0.2, 0.25) is 0 Å². The van der Waals surface area contributed by atoms with E-state index in [0.717, 1.165) is 20.2 Å². The molecule has 0 atom stereocenters. The summed E-state index contributed by atoms with van der Waals surface area (Å²) in [5.41, 5.74) is 1.71. The minimum Gasteiger partial charge on any atom is -0.427 e. The van der Waals surface area contributed by atoms with Crippen molar-refractivity contribution >= 4 is 41.2 Å². The number of ketones is 1. The Balaban J connectivity index is 2.11. The first-order chi connectivity index (χ1) is 13.9. The van der Waals surface area contributed by atoms with E-state index < -0.39 is 17.4 Å². The van der Waals surface area contributed by atoms with Crippen molar-refractivity contribution in [1.29, 1.82) is 0 Å². The Bertz CT molecular complexity index is 938. The van der Waals surface area contributed by atoms with E-state index in [1.807, 2.05) is 19.9 Å². The van der Waals surface area contributed by atoms with Crippen molar-refractivity contribution in [3.63, 3.8) is 0 Å². The van der Waals surface area contributed by atoms with Crippen LogP contribution in [0.15, 0.2) is 42.5 Å². The number of hydrogen-bond donors (Lipinski definition) is 0. The average molecular weight is 451 g/mol. The van der Waals surface area contributed by atoms with Crippen LogP contribution in [0.25, 0.3) is 0 Å². The maximum Gasteiger partial charge on any atom is 0.308 e. The third kappa shape index (κ3) is 6.05. The summed E-state index contributed by atoms with van der Waals surface area (Å²) in [6.07, 6.45) is -0.00719. The summed E-state index contributed by atoms with van der Waals surface area (Å²) < 4.78 is 6.78. The van der Waals surface area contributed by atoms with Crippen LogP contribution >= 0.6 is 23.6 Å². The first kappa shape index (κ1) is 23.9. The molecule has 160 valence electrons. The van der Waals surface area contributed by atoms with E-state index in [1.165, 1.54) is 19.1 Å². The van der Waals surface area contributed by atoms with Gasteiger partial charge in [0.2, 0.25) is 0 Å². The van der Waals surface area contributed by atoms with Crippen molar-refractivity contribution in [3.05, 3.63) is 64.7 Å². The van der Waals surface area contributed by atoms with Crippen molar-refractivity contribution < 1.29 is 19.1 Å². The van der Waals surface area contributed by atoms with Gasteiger partial charge in [-0.1, -0.05) is 17.2 Å². The molecule has 0 aliphatic heterocycles. The molecule has 2 rings (SSSR count). The predicted molar refractivity (Wildman–Crippen MR) is 116 cm³/mol. The second-order valence-electron chi connectivity index (χ2n) is 7.73. The van der Waals surface area contributed by atoms with E-state index in [2.05, 4.69) is 0 Å². The highest BCUT2D eigenvalue weighted by atomic mass is 35.5. The molecule has 2 aromatic rings. The molecule has 6 nitrogen and oxygen atoms in total. The lowest BCUT2D eigenvalue weighted by Gasteiger charge is -2.36. The number of aryl methyl sites for hydroxylation is 2. The summed E-state index contributed by atoms with van der Waals surface area (Å²) in [4.78, 5) is 36.5. The summed E-state index contributed by atoms with van der Waals surface area (Å²) in [6, 6.07) is 11.6. The van der Waals surface area contributed by atoms with Gasteiger partial charge in [0.05, 0.1) is 5.54 Å². The summed E-state index contributed by atoms with van der Waals surface area (Å²) in [7, 11) is 0. The highest BCUT2D eigenvalue weighted by molar-refractivity contribution is 6.27. The molecule has 0 N–H and O–H groups in total. The second kappa shape index (κ2) is 9.60. The number of benzene rings is 2. The lowest BCUT2D eigenvalue weighted by molar-refractivity contribution is -0.131. The number of amides is 1. The van der Waals surface area contributed by atoms with E-state index in [1.54, 1.807) is 38.1 Å². The largest absolute Gasteiger partial charge is 0.427 e. The third-order valence-corrected chi connectivity index (χ3v) is 5.31. The maximum absolute atomic E-state index is 12.8. The van der Waals surface area contributed by atoms with Crippen LogP contribution in [-0.4, -0.2) is 32.3 Å².